The highest BCUT2D eigenvalue weighted by Gasteiger charge is 2.18. The second-order valence-corrected chi connectivity index (χ2v) is 7.95. The maximum atomic E-state index is 12.0. The normalized spacial score (nSPS) is 16.8. The summed E-state index contributed by atoms with van der Waals surface area (Å²) in [4.78, 5) is 3.11. The Morgan fingerprint density at radius 3 is 2.68 bits per heavy atom. The van der Waals surface area contributed by atoms with Gasteiger partial charge in [0.2, 0.25) is 10.0 Å². The van der Waals surface area contributed by atoms with Gasteiger partial charge in [-0.15, -0.1) is 11.3 Å². The Balaban J connectivity index is 1.91. The predicted octanol–water partition coefficient (Wildman–Crippen LogP) is 0.756. The van der Waals surface area contributed by atoms with Gasteiger partial charge in [-0.05, 0) is 38.1 Å². The number of nitrogens with zero attached hydrogens (tertiary/aromatic N) is 1. The molecule has 8 heteroatoms. The van der Waals surface area contributed by atoms with Crippen molar-refractivity contribution in [3.8, 4) is 0 Å². The van der Waals surface area contributed by atoms with Crippen LogP contribution in [0.5, 0.6) is 0 Å². The van der Waals surface area contributed by atoms with Crippen molar-refractivity contribution in [2.45, 2.75) is 17.1 Å². The van der Waals surface area contributed by atoms with E-state index in [9.17, 15) is 8.42 Å². The number of thiophene rings is 1. The van der Waals surface area contributed by atoms with Crippen molar-refractivity contribution < 1.29 is 8.42 Å². The van der Waals surface area contributed by atoms with Gasteiger partial charge in [0.15, 0.2) is 0 Å². The van der Waals surface area contributed by atoms with Crippen molar-refractivity contribution in [3.63, 3.8) is 0 Å². The van der Waals surface area contributed by atoms with Gasteiger partial charge in [-0.2, -0.15) is 0 Å². The molecule has 0 aromatic carbocycles. The molecule has 1 aliphatic heterocycles. The highest BCUT2D eigenvalue weighted by atomic mass is 32.2. The maximum absolute atomic E-state index is 12.0. The number of likely N-dealkylation sites (tertiary alicyclic amines) is 1. The summed E-state index contributed by atoms with van der Waals surface area (Å²) in [7, 11) is -3.44. The summed E-state index contributed by atoms with van der Waals surface area (Å²) in [5.74, 6) is 0. The van der Waals surface area contributed by atoms with Gasteiger partial charge in [-0.25, -0.2) is 13.1 Å². The molecule has 0 aliphatic carbocycles. The highest BCUT2D eigenvalue weighted by Crippen LogP contribution is 2.21. The zero-order valence-corrected chi connectivity index (χ0v) is 12.9. The minimum Gasteiger partial charge on any atom is -0.389 e. The van der Waals surface area contributed by atoms with Crippen LogP contribution in [0.2, 0.25) is 0 Å². The molecular formula is C11H17N3O2S3. The highest BCUT2D eigenvalue weighted by molar-refractivity contribution is 7.91. The van der Waals surface area contributed by atoms with Gasteiger partial charge in [0.25, 0.3) is 0 Å². The van der Waals surface area contributed by atoms with E-state index in [-0.39, 0.29) is 9.20 Å². The molecule has 1 fully saturated rings. The van der Waals surface area contributed by atoms with Gasteiger partial charge in [-0.1, -0.05) is 12.2 Å². The molecule has 19 heavy (non-hydrogen) atoms. The summed E-state index contributed by atoms with van der Waals surface area (Å²) in [5, 5.41) is 0. The van der Waals surface area contributed by atoms with Crippen LogP contribution >= 0.6 is 23.6 Å². The molecule has 3 N–H and O–H groups in total. The molecule has 2 heterocycles. The van der Waals surface area contributed by atoms with Gasteiger partial charge >= 0.3 is 0 Å². The molecule has 5 nitrogen and oxygen atoms in total. The summed E-state index contributed by atoms with van der Waals surface area (Å²) in [6, 6.07) is 3.18. The van der Waals surface area contributed by atoms with E-state index in [0.29, 0.717) is 11.4 Å². The number of hydrogen-bond acceptors (Lipinski definition) is 5. The first-order chi connectivity index (χ1) is 8.99. The molecule has 106 valence electrons. The van der Waals surface area contributed by atoms with Crippen molar-refractivity contribution in [2.75, 3.05) is 26.2 Å². The standard InChI is InChI=1S/C11H17N3O2S3/c12-11(17)9-3-4-10(18-9)19(15,16)13-5-8-14-6-1-2-7-14/h3-4,13H,1-2,5-8H2,(H2,12,17). The van der Waals surface area contributed by atoms with E-state index in [2.05, 4.69) is 9.62 Å². The fourth-order valence-electron chi connectivity index (χ4n) is 2.01. The lowest BCUT2D eigenvalue weighted by atomic mass is 10.4. The van der Waals surface area contributed by atoms with Crippen LogP contribution in [0.1, 0.15) is 17.7 Å². The average Bonchev–Trinajstić information content (AvgIpc) is 2.99. The Morgan fingerprint density at radius 2 is 2.11 bits per heavy atom. The SMILES string of the molecule is NC(=S)c1ccc(S(=O)(=O)NCCN2CCCC2)s1. The smallest absolute Gasteiger partial charge is 0.250 e. The number of nitrogens with two attached hydrogens (primary N) is 1. The Labute approximate surface area is 122 Å². The number of hydrogen-bond donors (Lipinski definition) is 2. The van der Waals surface area contributed by atoms with Crippen molar-refractivity contribution in [1.29, 1.82) is 0 Å². The lowest BCUT2D eigenvalue weighted by molar-refractivity contribution is 0.344. The van der Waals surface area contributed by atoms with Crippen molar-refractivity contribution >= 4 is 38.6 Å². The van der Waals surface area contributed by atoms with E-state index in [1.807, 2.05) is 0 Å². The van der Waals surface area contributed by atoms with Crippen LogP contribution in [0.3, 0.4) is 0 Å². The van der Waals surface area contributed by atoms with Gasteiger partial charge in [-0.3, -0.25) is 0 Å². The minimum atomic E-state index is -3.44. The van der Waals surface area contributed by atoms with Gasteiger partial charge in [0.1, 0.15) is 9.20 Å². The van der Waals surface area contributed by atoms with Crippen LogP contribution < -0.4 is 10.5 Å². The third-order valence-electron chi connectivity index (χ3n) is 3.01. The van der Waals surface area contributed by atoms with Crippen LogP contribution in [0.4, 0.5) is 0 Å². The van der Waals surface area contributed by atoms with E-state index in [1.165, 1.54) is 18.9 Å². The van der Waals surface area contributed by atoms with Crippen LogP contribution in [0.25, 0.3) is 0 Å². The number of thiocarbonyl (C=S) groups is 1. The zero-order valence-electron chi connectivity index (χ0n) is 10.5. The van der Waals surface area contributed by atoms with Gasteiger partial charge in [0, 0.05) is 13.1 Å². The summed E-state index contributed by atoms with van der Waals surface area (Å²) in [5.41, 5.74) is 5.47. The van der Waals surface area contributed by atoms with E-state index in [0.717, 1.165) is 31.0 Å². The van der Waals surface area contributed by atoms with Crippen LogP contribution in [-0.4, -0.2) is 44.5 Å². The first-order valence-electron chi connectivity index (χ1n) is 6.11. The number of rotatable bonds is 6. The molecule has 1 aromatic heterocycles. The lowest BCUT2D eigenvalue weighted by Crippen LogP contribution is -2.33. The lowest BCUT2D eigenvalue weighted by Gasteiger charge is -2.14. The molecule has 1 saturated heterocycles. The molecular weight excluding hydrogens is 302 g/mol. The quantitative estimate of drug-likeness (QED) is 0.757. The van der Waals surface area contributed by atoms with E-state index in [4.69, 9.17) is 18.0 Å². The van der Waals surface area contributed by atoms with E-state index in [1.54, 1.807) is 6.07 Å². The second kappa shape index (κ2) is 6.27. The number of sulfonamides is 1. The van der Waals surface area contributed by atoms with Gasteiger partial charge < -0.3 is 10.6 Å². The average molecular weight is 319 g/mol. The maximum Gasteiger partial charge on any atom is 0.250 e. The largest absolute Gasteiger partial charge is 0.389 e. The molecule has 0 amide bonds. The first-order valence-corrected chi connectivity index (χ1v) is 8.81. The van der Waals surface area contributed by atoms with E-state index < -0.39 is 10.0 Å². The molecule has 0 saturated carbocycles. The molecule has 0 bridgehead atoms. The first kappa shape index (κ1) is 14.9. The summed E-state index contributed by atoms with van der Waals surface area (Å²) >= 11 is 5.92. The molecule has 0 atom stereocenters. The molecule has 0 radical (unpaired) electrons. The van der Waals surface area contributed by atoms with Crippen molar-refractivity contribution in [1.82, 2.24) is 9.62 Å². The molecule has 0 unspecified atom stereocenters. The topological polar surface area (TPSA) is 75.4 Å². The third-order valence-corrected chi connectivity index (χ3v) is 6.43. The molecule has 1 aromatic rings. The monoisotopic (exact) mass is 319 g/mol. The Hall–Kier alpha value is -0.540. The Morgan fingerprint density at radius 1 is 1.42 bits per heavy atom. The third kappa shape index (κ3) is 3.96. The number of nitrogens with one attached hydrogen (secondary N) is 1. The fraction of sp³-hybridized carbons (Fsp3) is 0.545. The molecule has 2 rings (SSSR count). The Kier molecular flexibility index (Phi) is 4.91. The zero-order chi connectivity index (χ0) is 13.9. The summed E-state index contributed by atoms with van der Waals surface area (Å²) in [6.07, 6.45) is 2.41. The summed E-state index contributed by atoms with van der Waals surface area (Å²) < 4.78 is 26.9. The fourth-order valence-corrected chi connectivity index (χ4v) is 4.43. The molecule has 0 spiro atoms. The van der Waals surface area contributed by atoms with Crippen molar-refractivity contribution in [2.24, 2.45) is 5.73 Å². The molecule has 1 aliphatic rings. The van der Waals surface area contributed by atoms with Crippen molar-refractivity contribution in [3.05, 3.63) is 17.0 Å². The van der Waals surface area contributed by atoms with E-state index >= 15 is 0 Å². The van der Waals surface area contributed by atoms with Crippen LogP contribution in [-0.2, 0) is 10.0 Å². The van der Waals surface area contributed by atoms with Gasteiger partial charge in [0.05, 0.1) is 4.88 Å². The Bertz CT molecular complexity index is 547. The minimum absolute atomic E-state index is 0.225. The summed E-state index contributed by atoms with van der Waals surface area (Å²) in [6.45, 7) is 3.31. The second-order valence-electron chi connectivity index (χ2n) is 4.43. The predicted molar refractivity (Wildman–Crippen MR) is 81.1 cm³/mol. The van der Waals surface area contributed by atoms with Crippen LogP contribution in [0, 0.1) is 0 Å². The van der Waals surface area contributed by atoms with Crippen LogP contribution in [0.15, 0.2) is 16.3 Å².